The quantitative estimate of drug-likeness (QED) is 0.390. The SMILES string of the molecule is O=C(OCC1OC(O)[C@H](O)[C@@H](O)[C@@H]1O)[C@H]1C[C@@H]1C(=O)c1cc(Cl)c2occc2c1. The standard InChI is InChI=1S/C19H19ClO9/c20-11-4-8(3-7-1-2-27-17(7)11)13(21)9-5-10(9)18(25)28-6-12-14(22)15(23)16(24)19(26)29-12/h1-4,9-10,12,14-16,19,22-24,26H,5-6H2/t9-,10-,12?,14+,15-,16+,19?/m0/s1. The lowest BCUT2D eigenvalue weighted by Gasteiger charge is -2.37. The van der Waals surface area contributed by atoms with Crippen LogP contribution in [0.3, 0.4) is 0 Å². The second-order valence-corrected chi connectivity index (χ2v) is 7.68. The number of aliphatic hydroxyl groups is 4. The van der Waals surface area contributed by atoms with E-state index < -0.39 is 55.1 Å². The van der Waals surface area contributed by atoms with Crippen molar-refractivity contribution in [3.05, 3.63) is 35.0 Å². The lowest BCUT2D eigenvalue weighted by molar-refractivity contribution is -0.287. The van der Waals surface area contributed by atoms with E-state index in [2.05, 4.69) is 0 Å². The second kappa shape index (κ2) is 7.67. The summed E-state index contributed by atoms with van der Waals surface area (Å²) in [6, 6.07) is 4.83. The summed E-state index contributed by atoms with van der Waals surface area (Å²) >= 11 is 6.12. The molecule has 2 aromatic rings. The van der Waals surface area contributed by atoms with E-state index >= 15 is 0 Å². The Labute approximate surface area is 169 Å². The first-order valence-electron chi connectivity index (χ1n) is 9.03. The molecule has 4 rings (SSSR count). The Bertz CT molecular complexity index is 941. The zero-order valence-corrected chi connectivity index (χ0v) is 15.7. The van der Waals surface area contributed by atoms with Crippen LogP contribution in [-0.2, 0) is 14.3 Å². The van der Waals surface area contributed by atoms with Crippen LogP contribution < -0.4 is 0 Å². The Balaban J connectivity index is 1.35. The van der Waals surface area contributed by atoms with Gasteiger partial charge in [-0.3, -0.25) is 9.59 Å². The van der Waals surface area contributed by atoms with Crippen molar-refractivity contribution in [1.29, 1.82) is 0 Å². The van der Waals surface area contributed by atoms with Gasteiger partial charge in [0.1, 0.15) is 31.0 Å². The van der Waals surface area contributed by atoms with E-state index in [-0.39, 0.29) is 5.78 Å². The van der Waals surface area contributed by atoms with E-state index in [0.717, 1.165) is 0 Å². The Hall–Kier alpha value is -2.01. The van der Waals surface area contributed by atoms with Crippen LogP contribution in [0.1, 0.15) is 16.8 Å². The van der Waals surface area contributed by atoms with Crippen molar-refractivity contribution < 1.29 is 43.9 Å². The van der Waals surface area contributed by atoms with E-state index in [1.165, 1.54) is 12.3 Å². The van der Waals surface area contributed by atoms with Gasteiger partial charge in [0.25, 0.3) is 0 Å². The molecule has 10 heteroatoms. The highest BCUT2D eigenvalue weighted by Crippen LogP contribution is 2.43. The Morgan fingerprint density at radius 1 is 1.10 bits per heavy atom. The Morgan fingerprint density at radius 2 is 1.86 bits per heavy atom. The van der Waals surface area contributed by atoms with Crippen molar-refractivity contribution in [2.24, 2.45) is 11.8 Å². The third-order valence-corrected chi connectivity index (χ3v) is 5.58. The first-order chi connectivity index (χ1) is 13.8. The molecule has 9 nitrogen and oxygen atoms in total. The lowest BCUT2D eigenvalue weighted by Crippen LogP contribution is -2.58. The van der Waals surface area contributed by atoms with Gasteiger partial charge in [0.05, 0.1) is 17.2 Å². The molecule has 0 bridgehead atoms. The number of ether oxygens (including phenoxy) is 2. The van der Waals surface area contributed by atoms with Crippen LogP contribution in [0.25, 0.3) is 11.0 Å². The molecule has 1 aliphatic heterocycles. The molecule has 0 radical (unpaired) electrons. The van der Waals surface area contributed by atoms with Crippen LogP contribution in [0.5, 0.6) is 0 Å². The molecule has 1 saturated carbocycles. The maximum atomic E-state index is 12.7. The second-order valence-electron chi connectivity index (χ2n) is 7.28. The topological polar surface area (TPSA) is 147 Å². The molecule has 2 unspecified atom stereocenters. The molecule has 1 aliphatic carbocycles. The van der Waals surface area contributed by atoms with Crippen molar-refractivity contribution in [3.8, 4) is 0 Å². The molecule has 1 aromatic heterocycles. The number of hydrogen-bond donors (Lipinski definition) is 4. The van der Waals surface area contributed by atoms with Gasteiger partial charge in [0.2, 0.25) is 0 Å². The number of carbonyl (C=O) groups excluding carboxylic acids is 2. The number of benzene rings is 1. The van der Waals surface area contributed by atoms with Gasteiger partial charge in [-0.1, -0.05) is 11.6 Å². The number of fused-ring (bicyclic) bond motifs is 1. The summed E-state index contributed by atoms with van der Waals surface area (Å²) in [5, 5.41) is 39.4. The number of rotatable bonds is 5. The summed E-state index contributed by atoms with van der Waals surface area (Å²) in [6.07, 6.45) is -5.98. The zero-order chi connectivity index (χ0) is 20.9. The monoisotopic (exact) mass is 426 g/mol. The molecular formula is C19H19ClO9. The van der Waals surface area contributed by atoms with Crippen LogP contribution in [0, 0.1) is 11.8 Å². The predicted octanol–water partition coefficient (Wildman–Crippen LogP) is 0.248. The van der Waals surface area contributed by atoms with Crippen molar-refractivity contribution in [3.63, 3.8) is 0 Å². The molecule has 7 atom stereocenters. The van der Waals surface area contributed by atoms with Gasteiger partial charge in [0, 0.05) is 16.9 Å². The van der Waals surface area contributed by atoms with Crippen LogP contribution in [-0.4, -0.2) is 69.5 Å². The van der Waals surface area contributed by atoms with Gasteiger partial charge in [-0.15, -0.1) is 0 Å². The van der Waals surface area contributed by atoms with Gasteiger partial charge in [0.15, 0.2) is 17.7 Å². The van der Waals surface area contributed by atoms with Gasteiger partial charge < -0.3 is 34.3 Å². The lowest BCUT2D eigenvalue weighted by atomic mass is 9.99. The maximum absolute atomic E-state index is 12.7. The molecule has 2 heterocycles. The molecule has 1 saturated heterocycles. The van der Waals surface area contributed by atoms with Gasteiger partial charge in [-0.2, -0.15) is 0 Å². The highest BCUT2D eigenvalue weighted by molar-refractivity contribution is 6.35. The summed E-state index contributed by atoms with van der Waals surface area (Å²) in [6.45, 7) is -0.439. The molecule has 156 valence electrons. The predicted molar refractivity (Wildman–Crippen MR) is 97.0 cm³/mol. The number of halogens is 1. The van der Waals surface area contributed by atoms with Gasteiger partial charge >= 0.3 is 5.97 Å². The van der Waals surface area contributed by atoms with Crippen LogP contribution >= 0.6 is 11.6 Å². The summed E-state index contributed by atoms with van der Waals surface area (Å²) in [7, 11) is 0. The molecular weight excluding hydrogens is 408 g/mol. The van der Waals surface area contributed by atoms with Gasteiger partial charge in [-0.05, 0) is 24.6 Å². The minimum atomic E-state index is -1.71. The van der Waals surface area contributed by atoms with Gasteiger partial charge in [-0.25, -0.2) is 0 Å². The number of hydrogen-bond acceptors (Lipinski definition) is 9. The normalized spacial score (nSPS) is 34.2. The third kappa shape index (κ3) is 3.77. The maximum Gasteiger partial charge on any atom is 0.309 e. The molecule has 0 amide bonds. The van der Waals surface area contributed by atoms with E-state index in [9.17, 15) is 30.0 Å². The average Bonchev–Trinajstić information content (AvgIpc) is 3.36. The smallest absolute Gasteiger partial charge is 0.309 e. The highest BCUT2D eigenvalue weighted by atomic mass is 35.5. The highest BCUT2D eigenvalue weighted by Gasteiger charge is 2.50. The van der Waals surface area contributed by atoms with Crippen molar-refractivity contribution in [2.45, 2.75) is 37.1 Å². The third-order valence-electron chi connectivity index (χ3n) is 5.30. The number of carbonyl (C=O) groups is 2. The van der Waals surface area contributed by atoms with Crippen LogP contribution in [0.2, 0.25) is 5.02 Å². The summed E-state index contributed by atoms with van der Waals surface area (Å²) in [5.41, 5.74) is 0.853. The van der Waals surface area contributed by atoms with E-state index in [0.29, 0.717) is 28.0 Å². The van der Waals surface area contributed by atoms with Crippen molar-refractivity contribution in [1.82, 2.24) is 0 Å². The summed E-state index contributed by atoms with van der Waals surface area (Å²) in [4.78, 5) is 24.9. The fourth-order valence-corrected chi connectivity index (χ4v) is 3.75. The molecule has 0 spiro atoms. The number of aliphatic hydroxyl groups excluding tert-OH is 4. The van der Waals surface area contributed by atoms with Crippen molar-refractivity contribution >= 4 is 34.3 Å². The number of Topliss-reactive ketones (excluding diaryl/α,β-unsaturated/α-hetero) is 1. The zero-order valence-electron chi connectivity index (χ0n) is 15.0. The van der Waals surface area contributed by atoms with E-state index in [1.54, 1.807) is 12.1 Å². The minimum Gasteiger partial charge on any atom is -0.463 e. The largest absolute Gasteiger partial charge is 0.463 e. The first-order valence-corrected chi connectivity index (χ1v) is 9.41. The number of esters is 1. The fraction of sp³-hybridized carbons (Fsp3) is 0.474. The molecule has 1 aromatic carbocycles. The first kappa shape index (κ1) is 20.3. The molecule has 4 N–H and O–H groups in total. The van der Waals surface area contributed by atoms with Crippen LogP contribution in [0.15, 0.2) is 28.9 Å². The van der Waals surface area contributed by atoms with E-state index in [4.69, 9.17) is 25.5 Å². The Kier molecular flexibility index (Phi) is 5.36. The molecule has 2 aliphatic rings. The number of ketones is 1. The van der Waals surface area contributed by atoms with Crippen molar-refractivity contribution in [2.75, 3.05) is 6.61 Å². The molecule has 2 fully saturated rings. The summed E-state index contributed by atoms with van der Waals surface area (Å²) in [5.74, 6) is -2.06. The minimum absolute atomic E-state index is 0.236. The molecule has 29 heavy (non-hydrogen) atoms. The fourth-order valence-electron chi connectivity index (χ4n) is 3.48. The summed E-state index contributed by atoms with van der Waals surface area (Å²) < 4.78 is 15.3. The number of furan rings is 1. The van der Waals surface area contributed by atoms with Crippen LogP contribution in [0.4, 0.5) is 0 Å². The average molecular weight is 427 g/mol. The Morgan fingerprint density at radius 3 is 2.62 bits per heavy atom. The van der Waals surface area contributed by atoms with E-state index in [1.807, 2.05) is 0 Å².